The first kappa shape index (κ1) is 17.1. The number of hydrogen-bond donors (Lipinski definition) is 1. The van der Waals surface area contributed by atoms with Crippen LogP contribution in [0, 0.1) is 0 Å². The van der Waals surface area contributed by atoms with E-state index in [1.54, 1.807) is 0 Å². The minimum Gasteiger partial charge on any atom is -0.377 e. The molecule has 114 valence electrons. The molecular weight excluding hydrogens is 274 g/mol. The van der Waals surface area contributed by atoms with Crippen LogP contribution < -0.4 is 5.32 Å². The minimum absolute atomic E-state index is 0.203. The molecule has 0 fully saturated rings. The smallest absolute Gasteiger partial charge is 0.151 e. The van der Waals surface area contributed by atoms with Crippen LogP contribution >= 0.6 is 0 Å². The lowest BCUT2D eigenvalue weighted by Gasteiger charge is -2.10. The lowest BCUT2D eigenvalue weighted by molar-refractivity contribution is 0.133. The molecule has 0 atom stereocenters. The molecule has 4 nitrogen and oxygen atoms in total. The Morgan fingerprint density at radius 2 is 1.80 bits per heavy atom. The van der Waals surface area contributed by atoms with Gasteiger partial charge in [-0.25, -0.2) is 8.42 Å². The molecule has 0 spiro atoms. The summed E-state index contributed by atoms with van der Waals surface area (Å²) in [5.74, 6) is 0.476. The third kappa shape index (κ3) is 6.50. The van der Waals surface area contributed by atoms with E-state index in [-0.39, 0.29) is 11.5 Å². The van der Waals surface area contributed by atoms with Crippen molar-refractivity contribution in [3.8, 4) is 0 Å². The molecule has 0 bridgehead atoms. The zero-order valence-electron chi connectivity index (χ0n) is 12.4. The van der Waals surface area contributed by atoms with Gasteiger partial charge in [-0.15, -0.1) is 0 Å². The van der Waals surface area contributed by atoms with E-state index in [1.807, 2.05) is 38.1 Å². The topological polar surface area (TPSA) is 55.4 Å². The largest absolute Gasteiger partial charge is 0.377 e. The second-order valence-corrected chi connectivity index (χ2v) is 7.04. The average molecular weight is 299 g/mol. The maximum absolute atomic E-state index is 11.6. The average Bonchev–Trinajstić information content (AvgIpc) is 2.42. The van der Waals surface area contributed by atoms with Gasteiger partial charge in [0.2, 0.25) is 0 Å². The van der Waals surface area contributed by atoms with Crippen molar-refractivity contribution < 1.29 is 13.2 Å². The number of nitrogens with one attached hydrogen (secondary N) is 1. The second-order valence-electron chi connectivity index (χ2n) is 4.73. The maximum Gasteiger partial charge on any atom is 0.151 e. The molecule has 0 aliphatic heterocycles. The summed E-state index contributed by atoms with van der Waals surface area (Å²) in [5.41, 5.74) is 2.31. The van der Waals surface area contributed by atoms with E-state index < -0.39 is 9.84 Å². The molecule has 0 saturated heterocycles. The summed E-state index contributed by atoms with van der Waals surface area (Å²) >= 11 is 0. The zero-order valence-corrected chi connectivity index (χ0v) is 13.2. The third-order valence-electron chi connectivity index (χ3n) is 3.00. The van der Waals surface area contributed by atoms with Crippen molar-refractivity contribution >= 4 is 9.84 Å². The van der Waals surface area contributed by atoms with Crippen LogP contribution in [0.5, 0.6) is 0 Å². The van der Waals surface area contributed by atoms with E-state index in [1.165, 1.54) is 0 Å². The molecule has 1 aromatic carbocycles. The van der Waals surface area contributed by atoms with Crippen LogP contribution in [0.15, 0.2) is 24.3 Å². The van der Waals surface area contributed by atoms with Gasteiger partial charge in [-0.3, -0.25) is 0 Å². The molecule has 5 heteroatoms. The number of rotatable bonds is 10. The molecule has 0 saturated carbocycles. The molecule has 0 aliphatic carbocycles. The van der Waals surface area contributed by atoms with Gasteiger partial charge in [-0.2, -0.15) is 0 Å². The van der Waals surface area contributed by atoms with Crippen LogP contribution in [-0.4, -0.2) is 33.1 Å². The monoisotopic (exact) mass is 299 g/mol. The summed E-state index contributed by atoms with van der Waals surface area (Å²) in [6.45, 7) is 6.31. The van der Waals surface area contributed by atoms with Gasteiger partial charge in [0, 0.05) is 25.4 Å². The summed E-state index contributed by atoms with van der Waals surface area (Å²) in [6, 6.07) is 8.06. The number of ether oxygens (including phenoxy) is 1. The van der Waals surface area contributed by atoms with Gasteiger partial charge in [-0.1, -0.05) is 31.2 Å². The van der Waals surface area contributed by atoms with Crippen LogP contribution in [0.3, 0.4) is 0 Å². The van der Waals surface area contributed by atoms with Crippen molar-refractivity contribution in [2.24, 2.45) is 0 Å². The van der Waals surface area contributed by atoms with Crippen molar-refractivity contribution in [3.05, 3.63) is 35.4 Å². The Balaban J connectivity index is 2.42. The maximum atomic E-state index is 11.6. The molecule has 20 heavy (non-hydrogen) atoms. The molecule has 1 rings (SSSR count). The molecule has 0 aliphatic rings. The van der Waals surface area contributed by atoms with E-state index >= 15 is 0 Å². The van der Waals surface area contributed by atoms with Gasteiger partial charge in [0.05, 0.1) is 12.4 Å². The second kappa shape index (κ2) is 9.10. The molecule has 0 aromatic heterocycles. The Bertz CT molecular complexity index is 486. The Morgan fingerprint density at radius 3 is 2.45 bits per heavy atom. The van der Waals surface area contributed by atoms with Crippen molar-refractivity contribution in [2.75, 3.05) is 24.7 Å². The Labute approximate surface area is 122 Å². The third-order valence-corrected chi connectivity index (χ3v) is 4.86. The van der Waals surface area contributed by atoms with Crippen molar-refractivity contribution in [3.63, 3.8) is 0 Å². The highest BCUT2D eigenvalue weighted by molar-refractivity contribution is 7.91. The summed E-state index contributed by atoms with van der Waals surface area (Å²) in [4.78, 5) is 0. The highest BCUT2D eigenvalue weighted by Gasteiger charge is 2.08. The first-order valence-corrected chi connectivity index (χ1v) is 8.97. The highest BCUT2D eigenvalue weighted by Crippen LogP contribution is 2.09. The van der Waals surface area contributed by atoms with E-state index in [9.17, 15) is 8.42 Å². The van der Waals surface area contributed by atoms with Crippen LogP contribution in [0.25, 0.3) is 0 Å². The first-order valence-electron chi connectivity index (χ1n) is 7.14. The quantitative estimate of drug-likeness (QED) is 0.673. The summed E-state index contributed by atoms with van der Waals surface area (Å²) in [6.07, 6.45) is 0.680. The lowest BCUT2D eigenvalue weighted by atomic mass is 10.1. The van der Waals surface area contributed by atoms with Gasteiger partial charge in [0.25, 0.3) is 0 Å². The SMILES string of the molecule is CCCS(=O)(=O)CCNCc1ccccc1COCC. The fraction of sp³-hybridized carbons (Fsp3) is 0.600. The van der Waals surface area contributed by atoms with Crippen molar-refractivity contribution in [1.29, 1.82) is 0 Å². The molecule has 0 amide bonds. The van der Waals surface area contributed by atoms with Gasteiger partial charge in [0.1, 0.15) is 0 Å². The van der Waals surface area contributed by atoms with Crippen LogP contribution in [0.4, 0.5) is 0 Å². The van der Waals surface area contributed by atoms with E-state index in [4.69, 9.17) is 4.74 Å². The van der Waals surface area contributed by atoms with Gasteiger partial charge < -0.3 is 10.1 Å². The molecular formula is C15H25NO3S. The minimum atomic E-state index is -2.90. The fourth-order valence-electron chi connectivity index (χ4n) is 1.95. The van der Waals surface area contributed by atoms with E-state index in [0.717, 1.165) is 11.1 Å². The zero-order chi connectivity index (χ0) is 14.8. The number of benzene rings is 1. The molecule has 0 radical (unpaired) electrons. The van der Waals surface area contributed by atoms with Crippen LogP contribution in [0.2, 0.25) is 0 Å². The predicted octanol–water partition coefficient (Wildman–Crippen LogP) is 2.14. The predicted molar refractivity (Wildman–Crippen MR) is 82.4 cm³/mol. The Kier molecular flexibility index (Phi) is 7.80. The van der Waals surface area contributed by atoms with Gasteiger partial charge in [-0.05, 0) is 24.5 Å². The Morgan fingerprint density at radius 1 is 1.10 bits per heavy atom. The van der Waals surface area contributed by atoms with Gasteiger partial charge in [0.15, 0.2) is 9.84 Å². The van der Waals surface area contributed by atoms with Crippen LogP contribution in [-0.2, 0) is 27.7 Å². The lowest BCUT2D eigenvalue weighted by Crippen LogP contribution is -2.24. The number of sulfone groups is 1. The summed E-state index contributed by atoms with van der Waals surface area (Å²) < 4.78 is 28.6. The van der Waals surface area contributed by atoms with E-state index in [2.05, 4.69) is 5.32 Å². The van der Waals surface area contributed by atoms with Crippen LogP contribution in [0.1, 0.15) is 31.4 Å². The number of hydrogen-bond acceptors (Lipinski definition) is 4. The van der Waals surface area contributed by atoms with E-state index in [0.29, 0.717) is 32.7 Å². The fourth-order valence-corrected chi connectivity index (χ4v) is 3.23. The standard InChI is InChI=1S/C15H25NO3S/c1-3-10-20(17,18)11-9-16-12-14-7-5-6-8-15(14)13-19-4-2/h5-8,16H,3-4,9-13H2,1-2H3. The van der Waals surface area contributed by atoms with Crippen molar-refractivity contribution in [1.82, 2.24) is 5.32 Å². The summed E-state index contributed by atoms with van der Waals surface area (Å²) in [7, 11) is -2.90. The molecule has 0 unspecified atom stereocenters. The normalized spacial score (nSPS) is 11.7. The molecule has 0 heterocycles. The highest BCUT2D eigenvalue weighted by atomic mass is 32.2. The summed E-state index contributed by atoms with van der Waals surface area (Å²) in [5, 5.41) is 3.20. The van der Waals surface area contributed by atoms with Gasteiger partial charge >= 0.3 is 0 Å². The first-order chi connectivity index (χ1) is 9.59. The molecule has 1 aromatic rings. The molecule has 1 N–H and O–H groups in total. The Hall–Kier alpha value is -0.910. The van der Waals surface area contributed by atoms with Crippen molar-refractivity contribution in [2.45, 2.75) is 33.4 Å².